The maximum atomic E-state index is 7.27. The third kappa shape index (κ3) is 9.35. The number of anilines is 3. The minimum Gasteiger partial charge on any atom is -0.456 e. The van der Waals surface area contributed by atoms with Crippen molar-refractivity contribution in [1.29, 1.82) is 0 Å². The Morgan fingerprint density at radius 1 is 0.289 bits per heavy atom. The summed E-state index contributed by atoms with van der Waals surface area (Å²) in [4.78, 5) is 5.19. The number of furan rings is 1. The minimum atomic E-state index is -0.470. The Morgan fingerprint density at radius 2 is 0.728 bits per heavy atom. The van der Waals surface area contributed by atoms with E-state index >= 15 is 0 Å². The van der Waals surface area contributed by atoms with Crippen LogP contribution in [0.25, 0.3) is 122 Å². The third-order valence-corrected chi connectivity index (χ3v) is 27.6. The quantitative estimate of drug-likeness (QED) is 0.154. The molecule has 0 saturated heterocycles. The molecule has 0 fully saturated rings. The molecule has 542 valence electrons. The van der Waals surface area contributed by atoms with E-state index in [2.05, 4.69) is 401 Å². The molecule has 4 aliphatic carbocycles. The van der Waals surface area contributed by atoms with Crippen LogP contribution in [0.3, 0.4) is 0 Å². The molecule has 16 aromatic carbocycles. The number of hydrogen-bond acceptors (Lipinski definition) is 3. The summed E-state index contributed by atoms with van der Waals surface area (Å²) in [6, 6.07) is 129. The molecule has 2 nitrogen and oxygen atoms in total. The highest BCUT2D eigenvalue weighted by Crippen LogP contribution is 2.66. The van der Waals surface area contributed by atoms with Gasteiger partial charge < -0.3 is 9.32 Å². The number of benzene rings is 16. The second kappa shape index (κ2) is 24.0. The Kier molecular flexibility index (Phi) is 14.2. The van der Waals surface area contributed by atoms with Gasteiger partial charge in [0.15, 0.2) is 0 Å². The highest BCUT2D eigenvalue weighted by atomic mass is 32.2. The van der Waals surface area contributed by atoms with Gasteiger partial charge in [0.05, 0.1) is 16.5 Å². The molecule has 1 aromatic heterocycles. The van der Waals surface area contributed by atoms with E-state index in [0.717, 1.165) is 33.3 Å². The van der Waals surface area contributed by atoms with Gasteiger partial charge in [-0.1, -0.05) is 359 Å². The first kappa shape index (κ1) is 67.2. The second-order valence-corrected chi connectivity index (χ2v) is 36.7. The topological polar surface area (TPSA) is 16.4 Å². The van der Waals surface area contributed by atoms with Crippen molar-refractivity contribution in [2.45, 2.75) is 99.2 Å². The minimum absolute atomic E-state index is 0.119. The average Bonchev–Trinajstić information content (AvgIpc) is 1.37. The number of nitrogens with zero attached hydrogens (tertiary/aromatic N) is 1. The van der Waals surface area contributed by atoms with Crippen molar-refractivity contribution in [2.24, 2.45) is 0 Å². The highest BCUT2D eigenvalue weighted by molar-refractivity contribution is 8.00. The lowest BCUT2D eigenvalue weighted by Gasteiger charge is -2.42. The lowest BCUT2D eigenvalue weighted by Crippen LogP contribution is -2.60. The van der Waals surface area contributed by atoms with Crippen LogP contribution < -0.4 is 21.3 Å². The van der Waals surface area contributed by atoms with Gasteiger partial charge in [0.25, 0.3) is 0 Å². The van der Waals surface area contributed by atoms with Crippen LogP contribution in [0.2, 0.25) is 0 Å². The summed E-state index contributed by atoms with van der Waals surface area (Å²) >= 11 is 1.94. The molecule has 2 aliphatic heterocycles. The number of fused-ring (bicyclic) bond motifs is 28. The Balaban J connectivity index is 0.798. The van der Waals surface area contributed by atoms with Crippen LogP contribution in [0.5, 0.6) is 0 Å². The highest BCUT2D eigenvalue weighted by Gasteiger charge is 2.54. The van der Waals surface area contributed by atoms with Crippen LogP contribution in [-0.4, -0.2) is 6.71 Å². The van der Waals surface area contributed by atoms with Gasteiger partial charge in [-0.05, 0) is 232 Å². The maximum absolute atomic E-state index is 7.27. The first-order chi connectivity index (χ1) is 55.4. The van der Waals surface area contributed by atoms with E-state index in [-0.39, 0.29) is 23.0 Å². The van der Waals surface area contributed by atoms with E-state index in [1.165, 1.54) is 193 Å². The molecule has 2 spiro atoms. The Morgan fingerprint density at radius 3 is 1.29 bits per heavy atom. The van der Waals surface area contributed by atoms with Crippen molar-refractivity contribution in [3.05, 3.63) is 395 Å². The van der Waals surface area contributed by atoms with E-state index in [9.17, 15) is 0 Å². The summed E-state index contributed by atoms with van der Waals surface area (Å²) in [7, 11) is 0. The van der Waals surface area contributed by atoms with Crippen molar-refractivity contribution in [1.82, 2.24) is 0 Å². The standard InChI is InChI=1S/C110H82BNOS/c1-106(2,3)72-55-70(56-73(62-72)107(4,5)6)71-60-97-103-100(61-71)114-105-94(51-54-99-102(105)85-58-69(49-53-98(85)113-99)75-39-28-46-93-101(75)81-38-21-27-45-91(81)110(93)88-42-24-18-35-78(88)79-36-19-25-43-89(79)110)111(103)95-59-68(48-52-96(95)112(97)104-82(65-29-12-10-13-30-65)63-74(108(7,8)9)64-83(104)66-31-14-11-15-32-66)67-47-50-92-84(57-67)80-37-20-26-44-90(80)109(92)86-40-22-16-33-76(86)77-34-17-23-41-87(77)109/h10-64H,1-9H3. The summed E-state index contributed by atoms with van der Waals surface area (Å²) < 4.78 is 7.27. The van der Waals surface area contributed by atoms with Crippen molar-refractivity contribution in [3.8, 4) is 100 Å². The second-order valence-electron chi connectivity index (χ2n) is 35.7. The molecule has 0 bridgehead atoms. The zero-order chi connectivity index (χ0) is 76.6. The monoisotopic (exact) mass is 1480 g/mol. The molecule has 0 saturated carbocycles. The van der Waals surface area contributed by atoms with E-state index < -0.39 is 10.8 Å². The molecule has 0 unspecified atom stereocenters. The maximum Gasteiger partial charge on any atom is 0.249 e. The van der Waals surface area contributed by atoms with Crippen LogP contribution in [0.1, 0.15) is 124 Å². The molecule has 0 amide bonds. The molecule has 17 aromatic rings. The molecule has 0 atom stereocenters. The summed E-state index contributed by atoms with van der Waals surface area (Å²) in [5.74, 6) is 0. The van der Waals surface area contributed by atoms with Crippen molar-refractivity contribution in [2.75, 3.05) is 4.90 Å². The van der Waals surface area contributed by atoms with Crippen molar-refractivity contribution >= 4 is 73.9 Å². The predicted molar refractivity (Wildman–Crippen MR) is 480 cm³/mol. The summed E-state index contributed by atoms with van der Waals surface area (Å²) in [5.41, 5.74) is 44.7. The predicted octanol–water partition coefficient (Wildman–Crippen LogP) is 27.3. The SMILES string of the molecule is CC(C)(C)c1cc(-c2cc3c4c(c2)N(c2c(-c5ccccc5)cc(C(C)(C)C)cc2-c2ccccc2)c2ccc(-c5ccc6c(c5)-c5ccccc5C65c6ccccc6-c6ccccc65)cc2B4c2ccc4oc5ccc(-c6cccc7c6-c6ccccc6C76c7ccccc7-c7ccccc76)cc5c4c2S3)cc(C(C)(C)C)c1. The third-order valence-electron chi connectivity index (χ3n) is 26.4. The lowest BCUT2D eigenvalue weighted by atomic mass is 9.34. The van der Waals surface area contributed by atoms with Crippen LogP contribution in [0.15, 0.2) is 348 Å². The molecule has 114 heavy (non-hydrogen) atoms. The first-order valence-corrected chi connectivity index (χ1v) is 41.4. The van der Waals surface area contributed by atoms with Gasteiger partial charge in [0, 0.05) is 43.1 Å². The molecular weight excluding hydrogens is 1390 g/mol. The summed E-state index contributed by atoms with van der Waals surface area (Å²) in [5, 5.41) is 2.26. The van der Waals surface area contributed by atoms with E-state index in [0.29, 0.717) is 0 Å². The molecule has 4 heteroatoms. The van der Waals surface area contributed by atoms with Gasteiger partial charge in [-0.3, -0.25) is 0 Å². The number of rotatable bonds is 6. The fraction of sp³-hybridized carbons (Fsp3) is 0.127. The van der Waals surface area contributed by atoms with Gasteiger partial charge in [-0.25, -0.2) is 0 Å². The molecule has 0 radical (unpaired) electrons. The Bertz CT molecular complexity index is 6850. The zero-order valence-corrected chi connectivity index (χ0v) is 66.4. The van der Waals surface area contributed by atoms with Gasteiger partial charge in [-0.15, -0.1) is 0 Å². The Labute approximate surface area is 672 Å². The smallest absolute Gasteiger partial charge is 0.249 e. The van der Waals surface area contributed by atoms with Crippen LogP contribution in [0.4, 0.5) is 17.1 Å². The molecular formula is C110H82BNOS. The normalized spacial score (nSPS) is 14.4. The van der Waals surface area contributed by atoms with Gasteiger partial charge in [0.2, 0.25) is 6.71 Å². The Hall–Kier alpha value is -12.5. The summed E-state index contributed by atoms with van der Waals surface area (Å²) in [6.07, 6.45) is 0. The van der Waals surface area contributed by atoms with Crippen molar-refractivity contribution in [3.63, 3.8) is 0 Å². The van der Waals surface area contributed by atoms with Gasteiger partial charge in [-0.2, -0.15) is 0 Å². The molecule has 3 heterocycles. The first-order valence-electron chi connectivity index (χ1n) is 40.5. The number of hydrogen-bond donors (Lipinski definition) is 0. The van der Waals surface area contributed by atoms with Crippen LogP contribution >= 0.6 is 11.8 Å². The van der Waals surface area contributed by atoms with E-state index in [1.54, 1.807) is 0 Å². The van der Waals surface area contributed by atoms with Crippen LogP contribution in [-0.2, 0) is 27.1 Å². The molecule has 6 aliphatic rings. The largest absolute Gasteiger partial charge is 0.456 e. The summed E-state index contributed by atoms with van der Waals surface area (Å²) in [6.45, 7) is 21.1. The van der Waals surface area contributed by atoms with Gasteiger partial charge in [0.1, 0.15) is 11.2 Å². The van der Waals surface area contributed by atoms with E-state index in [1.807, 2.05) is 11.8 Å². The van der Waals surface area contributed by atoms with Gasteiger partial charge >= 0.3 is 0 Å². The fourth-order valence-corrected chi connectivity index (χ4v) is 22.5. The van der Waals surface area contributed by atoms with Crippen LogP contribution in [0, 0.1) is 0 Å². The lowest BCUT2D eigenvalue weighted by molar-refractivity contribution is 0.569. The molecule has 0 N–H and O–H groups in total. The average molecular weight is 1480 g/mol. The fourth-order valence-electron chi connectivity index (χ4n) is 21.1. The van der Waals surface area contributed by atoms with Crippen molar-refractivity contribution < 1.29 is 4.42 Å². The molecule has 23 rings (SSSR count). The zero-order valence-electron chi connectivity index (χ0n) is 65.6. The van der Waals surface area contributed by atoms with E-state index in [4.69, 9.17) is 4.42 Å².